The maximum absolute atomic E-state index is 12.6. The molecule has 0 radical (unpaired) electrons. The second-order valence-corrected chi connectivity index (χ2v) is 5.75. The van der Waals surface area contributed by atoms with Gasteiger partial charge in [-0.25, -0.2) is 0 Å². The van der Waals surface area contributed by atoms with Crippen molar-refractivity contribution in [1.82, 2.24) is 4.98 Å². The second kappa shape index (κ2) is 8.16. The van der Waals surface area contributed by atoms with Crippen LogP contribution in [0, 0.1) is 0 Å². The fraction of sp³-hybridized carbons (Fsp3) is 0.143. The summed E-state index contributed by atoms with van der Waals surface area (Å²) in [6.07, 6.45) is 4.07. The largest absolute Gasteiger partial charge is 0.495 e. The van der Waals surface area contributed by atoms with E-state index in [9.17, 15) is 4.79 Å². The van der Waals surface area contributed by atoms with Crippen LogP contribution in [0.3, 0.4) is 0 Å². The van der Waals surface area contributed by atoms with Crippen LogP contribution in [-0.2, 0) is 6.42 Å². The van der Waals surface area contributed by atoms with Crippen molar-refractivity contribution in [1.29, 1.82) is 0 Å². The van der Waals surface area contributed by atoms with E-state index in [1.54, 1.807) is 25.6 Å². The number of benzene rings is 2. The summed E-state index contributed by atoms with van der Waals surface area (Å²) in [5, 5.41) is 6.20. The molecule has 0 saturated heterocycles. The number of ether oxygens (including phenoxy) is 1. The number of aryl methyl sites for hydroxylation is 1. The molecule has 0 unspecified atom stereocenters. The van der Waals surface area contributed by atoms with Crippen molar-refractivity contribution in [2.75, 3.05) is 17.7 Å². The van der Waals surface area contributed by atoms with Crippen LogP contribution in [-0.4, -0.2) is 18.0 Å². The quantitative estimate of drug-likeness (QED) is 0.681. The summed E-state index contributed by atoms with van der Waals surface area (Å²) in [6, 6.07) is 17.1. The molecular formula is C21H21N3O2. The molecule has 3 aromatic rings. The highest BCUT2D eigenvalue weighted by Gasteiger charge is 2.10. The molecule has 0 aliphatic carbocycles. The summed E-state index contributed by atoms with van der Waals surface area (Å²) in [5.41, 5.74) is 3.92. The Labute approximate surface area is 153 Å². The molecule has 0 aliphatic heterocycles. The maximum Gasteiger partial charge on any atom is 0.257 e. The molecule has 26 heavy (non-hydrogen) atoms. The van der Waals surface area contributed by atoms with Crippen LogP contribution in [0.4, 0.5) is 17.1 Å². The average molecular weight is 347 g/mol. The first-order chi connectivity index (χ1) is 12.7. The van der Waals surface area contributed by atoms with Gasteiger partial charge in [-0.1, -0.05) is 37.3 Å². The van der Waals surface area contributed by atoms with Gasteiger partial charge in [-0.05, 0) is 36.2 Å². The number of nitrogens with one attached hydrogen (secondary N) is 2. The minimum absolute atomic E-state index is 0.193. The lowest BCUT2D eigenvalue weighted by atomic mass is 10.1. The number of hydrogen-bond donors (Lipinski definition) is 2. The van der Waals surface area contributed by atoms with E-state index in [2.05, 4.69) is 22.5 Å². The zero-order valence-electron chi connectivity index (χ0n) is 14.8. The molecule has 1 aromatic heterocycles. The Bertz CT molecular complexity index is 909. The molecule has 0 atom stereocenters. The molecule has 5 heteroatoms. The lowest BCUT2D eigenvalue weighted by Crippen LogP contribution is -2.13. The van der Waals surface area contributed by atoms with E-state index in [-0.39, 0.29) is 5.91 Å². The number of rotatable bonds is 6. The SMILES string of the molecule is CCc1ccccc1NC(=O)c1cncc(Nc2ccccc2OC)c1. The molecule has 1 amide bonds. The molecule has 2 aromatic carbocycles. The number of aromatic nitrogens is 1. The van der Waals surface area contributed by atoms with Crippen molar-refractivity contribution in [2.24, 2.45) is 0 Å². The van der Waals surface area contributed by atoms with Crippen molar-refractivity contribution >= 4 is 23.0 Å². The Morgan fingerprint density at radius 1 is 1.04 bits per heavy atom. The van der Waals surface area contributed by atoms with Gasteiger partial charge in [-0.2, -0.15) is 0 Å². The zero-order chi connectivity index (χ0) is 18.4. The average Bonchev–Trinajstić information content (AvgIpc) is 2.69. The van der Waals surface area contributed by atoms with Crippen LogP contribution in [0.15, 0.2) is 67.0 Å². The summed E-state index contributed by atoms with van der Waals surface area (Å²) in [5.74, 6) is 0.529. The molecule has 1 heterocycles. The highest BCUT2D eigenvalue weighted by atomic mass is 16.5. The number of carbonyl (C=O) groups is 1. The number of para-hydroxylation sites is 3. The predicted molar refractivity (Wildman–Crippen MR) is 104 cm³/mol. The van der Waals surface area contributed by atoms with Crippen LogP contribution in [0.25, 0.3) is 0 Å². The molecule has 5 nitrogen and oxygen atoms in total. The predicted octanol–water partition coefficient (Wildman–Crippen LogP) is 4.65. The third-order valence-corrected chi connectivity index (χ3v) is 4.03. The van der Waals surface area contributed by atoms with E-state index >= 15 is 0 Å². The molecule has 0 bridgehead atoms. The summed E-state index contributed by atoms with van der Waals surface area (Å²) in [7, 11) is 1.62. The molecular weight excluding hydrogens is 326 g/mol. The lowest BCUT2D eigenvalue weighted by molar-refractivity contribution is 0.102. The van der Waals surface area contributed by atoms with Gasteiger partial charge in [0.15, 0.2) is 0 Å². The first-order valence-electron chi connectivity index (χ1n) is 8.45. The first kappa shape index (κ1) is 17.5. The van der Waals surface area contributed by atoms with Gasteiger partial charge in [0.2, 0.25) is 0 Å². The van der Waals surface area contributed by atoms with Gasteiger partial charge in [-0.3, -0.25) is 9.78 Å². The van der Waals surface area contributed by atoms with Gasteiger partial charge < -0.3 is 15.4 Å². The summed E-state index contributed by atoms with van der Waals surface area (Å²) < 4.78 is 5.34. The third kappa shape index (κ3) is 4.00. The van der Waals surface area contributed by atoms with Gasteiger partial charge in [0, 0.05) is 11.9 Å². The standard InChI is InChI=1S/C21H21N3O2/c1-3-15-8-4-5-9-18(15)24-21(25)16-12-17(14-22-13-16)23-19-10-6-7-11-20(19)26-2/h4-14,23H,3H2,1-2H3,(H,24,25). The monoisotopic (exact) mass is 347 g/mol. The van der Waals surface area contributed by atoms with Crippen LogP contribution < -0.4 is 15.4 Å². The Balaban J connectivity index is 1.79. The highest BCUT2D eigenvalue weighted by molar-refractivity contribution is 6.05. The Morgan fingerprint density at radius 3 is 2.54 bits per heavy atom. The Hall–Kier alpha value is -3.34. The summed E-state index contributed by atoms with van der Waals surface area (Å²) in [6.45, 7) is 2.06. The Kier molecular flexibility index (Phi) is 5.49. The molecule has 3 rings (SSSR count). The summed E-state index contributed by atoms with van der Waals surface area (Å²) in [4.78, 5) is 16.8. The fourth-order valence-electron chi connectivity index (χ4n) is 2.68. The van der Waals surface area contributed by atoms with E-state index in [0.29, 0.717) is 11.3 Å². The number of carbonyl (C=O) groups excluding carboxylic acids is 1. The highest BCUT2D eigenvalue weighted by Crippen LogP contribution is 2.27. The van der Waals surface area contributed by atoms with Crippen LogP contribution in [0.5, 0.6) is 5.75 Å². The number of methoxy groups -OCH3 is 1. The molecule has 2 N–H and O–H groups in total. The normalized spacial score (nSPS) is 10.2. The Morgan fingerprint density at radius 2 is 1.77 bits per heavy atom. The van der Waals surface area contributed by atoms with E-state index in [4.69, 9.17) is 4.74 Å². The number of pyridine rings is 1. The zero-order valence-corrected chi connectivity index (χ0v) is 14.8. The molecule has 0 aliphatic rings. The third-order valence-electron chi connectivity index (χ3n) is 4.03. The number of nitrogens with zero attached hydrogens (tertiary/aromatic N) is 1. The number of amides is 1. The van der Waals surface area contributed by atoms with Crippen molar-refractivity contribution in [2.45, 2.75) is 13.3 Å². The fourth-order valence-corrected chi connectivity index (χ4v) is 2.68. The van der Waals surface area contributed by atoms with Gasteiger partial charge in [-0.15, -0.1) is 0 Å². The van der Waals surface area contributed by atoms with E-state index in [1.807, 2.05) is 48.5 Å². The van der Waals surface area contributed by atoms with Crippen molar-refractivity contribution in [3.63, 3.8) is 0 Å². The van der Waals surface area contributed by atoms with Gasteiger partial charge in [0.25, 0.3) is 5.91 Å². The smallest absolute Gasteiger partial charge is 0.257 e. The molecule has 132 valence electrons. The van der Waals surface area contributed by atoms with Gasteiger partial charge in [0.1, 0.15) is 5.75 Å². The van der Waals surface area contributed by atoms with Crippen LogP contribution in [0.1, 0.15) is 22.8 Å². The second-order valence-electron chi connectivity index (χ2n) is 5.75. The summed E-state index contributed by atoms with van der Waals surface area (Å²) >= 11 is 0. The van der Waals surface area contributed by atoms with Crippen LogP contribution >= 0.6 is 0 Å². The minimum atomic E-state index is -0.193. The maximum atomic E-state index is 12.6. The first-order valence-corrected chi connectivity index (χ1v) is 8.45. The molecule has 0 saturated carbocycles. The van der Waals surface area contributed by atoms with Crippen LogP contribution in [0.2, 0.25) is 0 Å². The van der Waals surface area contributed by atoms with E-state index in [0.717, 1.165) is 29.1 Å². The van der Waals surface area contributed by atoms with E-state index in [1.165, 1.54) is 0 Å². The number of hydrogen-bond acceptors (Lipinski definition) is 4. The molecule has 0 spiro atoms. The van der Waals surface area contributed by atoms with Crippen molar-refractivity contribution in [3.8, 4) is 5.75 Å². The topological polar surface area (TPSA) is 63.2 Å². The minimum Gasteiger partial charge on any atom is -0.495 e. The van der Waals surface area contributed by atoms with E-state index < -0.39 is 0 Å². The van der Waals surface area contributed by atoms with Gasteiger partial charge in [0.05, 0.1) is 30.2 Å². The molecule has 0 fully saturated rings. The van der Waals surface area contributed by atoms with Crippen molar-refractivity contribution < 1.29 is 9.53 Å². The van der Waals surface area contributed by atoms with Crippen molar-refractivity contribution in [3.05, 3.63) is 78.1 Å². The lowest BCUT2D eigenvalue weighted by Gasteiger charge is -2.12. The number of anilines is 3. The van der Waals surface area contributed by atoms with Gasteiger partial charge >= 0.3 is 0 Å².